The van der Waals surface area contributed by atoms with E-state index in [1.54, 1.807) is 7.05 Å². The van der Waals surface area contributed by atoms with Gasteiger partial charge in [-0.1, -0.05) is 46.9 Å². The van der Waals surface area contributed by atoms with Gasteiger partial charge in [0.15, 0.2) is 0 Å². The molecule has 2 unspecified atom stereocenters. The Morgan fingerprint density at radius 1 is 1.39 bits per heavy atom. The molecule has 18 heavy (non-hydrogen) atoms. The van der Waals surface area contributed by atoms with Gasteiger partial charge < -0.3 is 10.4 Å². The molecule has 0 bridgehead atoms. The van der Waals surface area contributed by atoms with E-state index in [2.05, 4.69) is 5.32 Å². The van der Waals surface area contributed by atoms with Crippen molar-refractivity contribution in [1.29, 1.82) is 0 Å². The highest BCUT2D eigenvalue weighted by atomic mass is 35.6. The predicted octanol–water partition coefficient (Wildman–Crippen LogP) is 3.33. The molecule has 1 aromatic rings. The highest BCUT2D eigenvalue weighted by molar-refractivity contribution is 7.99. The van der Waals surface area contributed by atoms with Crippen LogP contribution in [-0.4, -0.2) is 27.7 Å². The highest BCUT2D eigenvalue weighted by Gasteiger charge is 2.37. The largest absolute Gasteiger partial charge is 0.387 e. The summed E-state index contributed by atoms with van der Waals surface area (Å²) >= 11 is 19.4. The lowest BCUT2D eigenvalue weighted by molar-refractivity contribution is 0.133. The smallest absolute Gasteiger partial charge is 0.208 e. The second-order valence-corrected chi connectivity index (χ2v) is 7.72. The lowest BCUT2D eigenvalue weighted by atomic mass is 10.00. The van der Waals surface area contributed by atoms with Crippen LogP contribution in [0.3, 0.4) is 0 Å². The fourth-order valence-electron chi connectivity index (χ4n) is 2.08. The van der Waals surface area contributed by atoms with Gasteiger partial charge in [-0.3, -0.25) is 0 Å². The highest BCUT2D eigenvalue weighted by Crippen LogP contribution is 2.38. The number of thioether (sulfide) groups is 1. The van der Waals surface area contributed by atoms with Crippen molar-refractivity contribution < 1.29 is 5.11 Å². The molecule has 1 aliphatic heterocycles. The molecule has 1 heterocycles. The van der Waals surface area contributed by atoms with Gasteiger partial charge in [-0.25, -0.2) is 0 Å². The van der Waals surface area contributed by atoms with Gasteiger partial charge in [0.25, 0.3) is 0 Å². The molecule has 2 atom stereocenters. The Morgan fingerprint density at radius 3 is 2.72 bits per heavy atom. The van der Waals surface area contributed by atoms with Crippen LogP contribution in [0.5, 0.6) is 0 Å². The first-order chi connectivity index (χ1) is 8.43. The van der Waals surface area contributed by atoms with Gasteiger partial charge in [0.05, 0.1) is 12.1 Å². The Labute approximate surface area is 126 Å². The molecular formula is C12H14Cl3NOS. The van der Waals surface area contributed by atoms with Crippen LogP contribution < -0.4 is 5.32 Å². The number of rotatable bonds is 3. The van der Waals surface area contributed by atoms with Crippen molar-refractivity contribution in [3.05, 3.63) is 29.3 Å². The number of nitrogens with one attached hydrogen (secondary N) is 1. The summed E-state index contributed by atoms with van der Waals surface area (Å²) in [5, 5.41) is 13.2. The number of likely N-dealkylation sites (N-methyl/N-ethyl adjacent to an activating group) is 1. The lowest BCUT2D eigenvalue weighted by Gasteiger charge is -2.29. The van der Waals surface area contributed by atoms with E-state index in [9.17, 15) is 5.11 Å². The predicted molar refractivity (Wildman–Crippen MR) is 79.0 cm³/mol. The molecule has 1 aromatic carbocycles. The van der Waals surface area contributed by atoms with E-state index in [0.717, 1.165) is 17.7 Å². The van der Waals surface area contributed by atoms with E-state index in [-0.39, 0.29) is 0 Å². The molecule has 2 nitrogen and oxygen atoms in total. The monoisotopic (exact) mass is 325 g/mol. The molecule has 2 N–H and O–H groups in total. The van der Waals surface area contributed by atoms with Crippen molar-refractivity contribution in [3.8, 4) is 0 Å². The first-order valence-corrected chi connectivity index (χ1v) is 7.73. The zero-order chi connectivity index (χ0) is 13.3. The molecular weight excluding hydrogens is 313 g/mol. The first kappa shape index (κ1) is 14.8. The van der Waals surface area contributed by atoms with Crippen molar-refractivity contribution in [1.82, 2.24) is 5.32 Å². The van der Waals surface area contributed by atoms with Crippen LogP contribution in [0.1, 0.15) is 17.2 Å². The second-order valence-electron chi connectivity index (χ2n) is 4.22. The van der Waals surface area contributed by atoms with Crippen molar-refractivity contribution in [2.24, 2.45) is 0 Å². The van der Waals surface area contributed by atoms with Crippen molar-refractivity contribution in [3.63, 3.8) is 0 Å². The third-order valence-electron chi connectivity index (χ3n) is 3.03. The average Bonchev–Trinajstić information content (AvgIpc) is 2.74. The standard InChI is InChI=1S/C12H14Cl3NOS/c1-16-11(12(13,14)15)10(17)8-2-3-9-7(6-8)4-5-18-9/h2-3,6,10-11,16-17H,4-5H2,1H3. The fourth-order valence-corrected chi connectivity index (χ4v) is 3.82. The van der Waals surface area contributed by atoms with E-state index in [4.69, 9.17) is 34.8 Å². The zero-order valence-corrected chi connectivity index (χ0v) is 12.9. The molecule has 2 rings (SSSR count). The first-order valence-electron chi connectivity index (χ1n) is 5.61. The summed E-state index contributed by atoms with van der Waals surface area (Å²) in [5.74, 6) is 1.09. The maximum Gasteiger partial charge on any atom is 0.208 e. The van der Waals surface area contributed by atoms with Crippen LogP contribution in [0.25, 0.3) is 0 Å². The van der Waals surface area contributed by atoms with Gasteiger partial charge in [-0.15, -0.1) is 11.8 Å². The fraction of sp³-hybridized carbons (Fsp3) is 0.500. The van der Waals surface area contributed by atoms with Gasteiger partial charge in [0, 0.05) is 10.6 Å². The summed E-state index contributed by atoms with van der Waals surface area (Å²) in [4.78, 5) is 1.28. The molecule has 0 aliphatic carbocycles. The van der Waals surface area contributed by atoms with Crippen LogP contribution in [0.4, 0.5) is 0 Å². The van der Waals surface area contributed by atoms with Crippen LogP contribution >= 0.6 is 46.6 Å². The molecule has 0 fully saturated rings. The van der Waals surface area contributed by atoms with Gasteiger partial charge in [-0.2, -0.15) is 0 Å². The summed E-state index contributed by atoms with van der Waals surface area (Å²) in [5.41, 5.74) is 2.04. The normalized spacial score (nSPS) is 18.5. The number of aryl methyl sites for hydroxylation is 1. The molecule has 0 saturated carbocycles. The molecule has 0 saturated heterocycles. The van der Waals surface area contributed by atoms with Crippen LogP contribution in [0, 0.1) is 0 Å². The van der Waals surface area contributed by atoms with Gasteiger partial charge in [-0.05, 0) is 30.7 Å². The quantitative estimate of drug-likeness (QED) is 0.836. The van der Waals surface area contributed by atoms with Crippen LogP contribution in [-0.2, 0) is 6.42 Å². The number of fused-ring (bicyclic) bond motifs is 1. The second kappa shape index (κ2) is 5.78. The van der Waals surface area contributed by atoms with E-state index in [0.29, 0.717) is 0 Å². The summed E-state index contributed by atoms with van der Waals surface area (Å²) < 4.78 is -1.55. The molecule has 1 aliphatic rings. The van der Waals surface area contributed by atoms with E-state index >= 15 is 0 Å². The van der Waals surface area contributed by atoms with Crippen molar-refractivity contribution in [2.75, 3.05) is 12.8 Å². The Kier molecular flexibility index (Phi) is 4.74. The third kappa shape index (κ3) is 3.09. The van der Waals surface area contributed by atoms with Crippen LogP contribution in [0.15, 0.2) is 23.1 Å². The van der Waals surface area contributed by atoms with Crippen molar-refractivity contribution >= 4 is 46.6 Å². The van der Waals surface area contributed by atoms with Gasteiger partial charge >= 0.3 is 0 Å². The van der Waals surface area contributed by atoms with Crippen LogP contribution in [0.2, 0.25) is 0 Å². The summed E-state index contributed by atoms with van der Waals surface area (Å²) in [6.45, 7) is 0. The average molecular weight is 327 g/mol. The Balaban J connectivity index is 2.25. The third-order valence-corrected chi connectivity index (χ3v) is 4.86. The number of halogens is 3. The minimum Gasteiger partial charge on any atom is -0.387 e. The Hall–Kier alpha value is 0.360. The summed E-state index contributed by atoms with van der Waals surface area (Å²) in [6, 6.07) is 5.27. The Bertz CT molecular complexity index is 436. The lowest BCUT2D eigenvalue weighted by Crippen LogP contribution is -2.43. The summed E-state index contributed by atoms with van der Waals surface area (Å²) in [6.07, 6.45) is 0.178. The molecule has 0 radical (unpaired) electrons. The number of hydrogen-bond donors (Lipinski definition) is 2. The molecule has 6 heteroatoms. The molecule has 100 valence electrons. The minimum atomic E-state index is -1.55. The Morgan fingerprint density at radius 2 is 2.11 bits per heavy atom. The number of benzene rings is 1. The van der Waals surface area contributed by atoms with E-state index in [1.807, 2.05) is 30.0 Å². The topological polar surface area (TPSA) is 32.3 Å². The maximum absolute atomic E-state index is 10.3. The van der Waals surface area contributed by atoms with E-state index in [1.165, 1.54) is 10.5 Å². The SMILES string of the molecule is CNC(C(O)c1ccc2c(c1)CCS2)C(Cl)(Cl)Cl. The van der Waals surface area contributed by atoms with E-state index < -0.39 is 15.9 Å². The number of hydrogen-bond acceptors (Lipinski definition) is 3. The van der Waals surface area contributed by atoms with Gasteiger partial charge in [0.2, 0.25) is 3.79 Å². The molecule has 0 spiro atoms. The molecule has 0 amide bonds. The number of aliphatic hydroxyl groups is 1. The summed E-state index contributed by atoms with van der Waals surface area (Å²) in [7, 11) is 1.67. The van der Waals surface area contributed by atoms with Gasteiger partial charge in [0.1, 0.15) is 0 Å². The number of aliphatic hydroxyl groups excluding tert-OH is 1. The van der Waals surface area contributed by atoms with Crippen molar-refractivity contribution in [2.45, 2.75) is 27.3 Å². The maximum atomic E-state index is 10.3. The number of alkyl halides is 3. The zero-order valence-electron chi connectivity index (χ0n) is 9.79. The minimum absolute atomic E-state index is 0.644. The molecule has 0 aromatic heterocycles.